The Morgan fingerprint density at radius 2 is 2.18 bits per heavy atom. The molecule has 0 spiro atoms. The second kappa shape index (κ2) is 3.57. The summed E-state index contributed by atoms with van der Waals surface area (Å²) in [6, 6.07) is 7.57. The van der Waals surface area contributed by atoms with Crippen molar-refractivity contribution in [1.82, 2.24) is 9.38 Å². The van der Waals surface area contributed by atoms with Crippen LogP contribution < -0.4 is 0 Å². The van der Waals surface area contributed by atoms with Crippen molar-refractivity contribution in [2.24, 2.45) is 0 Å². The standard InChI is InChI=1S/C13H9ClN2O/c1-8(17)12-7-15-13-11-3-2-10(14)6-9(11)4-5-16(12)13/h2-7H,1H3. The molecule has 0 amide bonds. The summed E-state index contributed by atoms with van der Waals surface area (Å²) in [4.78, 5) is 15.7. The van der Waals surface area contributed by atoms with Crippen LogP contribution >= 0.6 is 11.6 Å². The van der Waals surface area contributed by atoms with E-state index in [1.165, 1.54) is 6.92 Å². The van der Waals surface area contributed by atoms with E-state index >= 15 is 0 Å². The highest BCUT2D eigenvalue weighted by molar-refractivity contribution is 6.31. The molecule has 0 atom stereocenters. The number of pyridine rings is 1. The number of Topliss-reactive ketones (excluding diaryl/α,β-unsaturated/α-hetero) is 1. The Hall–Kier alpha value is -1.87. The van der Waals surface area contributed by atoms with Gasteiger partial charge < -0.3 is 0 Å². The second-order valence-corrected chi connectivity index (χ2v) is 4.38. The molecule has 2 heterocycles. The number of carbonyl (C=O) groups is 1. The first kappa shape index (κ1) is 10.3. The summed E-state index contributed by atoms with van der Waals surface area (Å²) in [5.74, 6) is 0.00538. The number of hydrogen-bond donors (Lipinski definition) is 0. The normalized spacial score (nSPS) is 11.2. The molecule has 0 fully saturated rings. The highest BCUT2D eigenvalue weighted by atomic mass is 35.5. The molecule has 1 aromatic carbocycles. The van der Waals surface area contributed by atoms with Crippen molar-refractivity contribution in [2.75, 3.05) is 0 Å². The van der Waals surface area contributed by atoms with Gasteiger partial charge in [-0.25, -0.2) is 4.98 Å². The molecule has 3 nitrogen and oxygen atoms in total. The molecule has 0 aliphatic rings. The third-order valence-electron chi connectivity index (χ3n) is 2.82. The summed E-state index contributed by atoms with van der Waals surface area (Å²) in [5, 5.41) is 2.70. The van der Waals surface area contributed by atoms with Gasteiger partial charge in [0.1, 0.15) is 11.3 Å². The Labute approximate surface area is 103 Å². The maximum Gasteiger partial charge on any atom is 0.178 e. The number of halogens is 1. The van der Waals surface area contributed by atoms with Gasteiger partial charge >= 0.3 is 0 Å². The number of nitrogens with zero attached hydrogens (tertiary/aromatic N) is 2. The Morgan fingerprint density at radius 3 is 2.94 bits per heavy atom. The molecule has 0 aliphatic heterocycles. The van der Waals surface area contributed by atoms with Gasteiger partial charge in [0.15, 0.2) is 5.78 Å². The van der Waals surface area contributed by atoms with Crippen LogP contribution in [-0.2, 0) is 0 Å². The van der Waals surface area contributed by atoms with Crippen molar-refractivity contribution in [3.8, 4) is 0 Å². The Bertz CT molecular complexity index is 746. The molecule has 0 aliphatic carbocycles. The molecule has 84 valence electrons. The number of carbonyl (C=O) groups excluding carboxylic acids is 1. The summed E-state index contributed by atoms with van der Waals surface area (Å²) in [6.45, 7) is 1.54. The van der Waals surface area contributed by atoms with Crippen LogP contribution in [0.1, 0.15) is 17.4 Å². The first-order valence-corrected chi connectivity index (χ1v) is 5.61. The molecule has 0 saturated heterocycles. The van der Waals surface area contributed by atoms with Crippen molar-refractivity contribution in [1.29, 1.82) is 0 Å². The molecule has 0 unspecified atom stereocenters. The van der Waals surface area contributed by atoms with E-state index in [4.69, 9.17) is 11.6 Å². The molecule has 3 rings (SSSR count). The molecule has 17 heavy (non-hydrogen) atoms. The lowest BCUT2D eigenvalue weighted by Gasteiger charge is -2.02. The third-order valence-corrected chi connectivity index (χ3v) is 3.05. The number of ketones is 1. The van der Waals surface area contributed by atoms with Gasteiger partial charge in [-0.15, -0.1) is 0 Å². The minimum Gasteiger partial charge on any atom is -0.297 e. The fourth-order valence-electron chi connectivity index (χ4n) is 2.00. The smallest absolute Gasteiger partial charge is 0.178 e. The lowest BCUT2D eigenvalue weighted by Crippen LogP contribution is -1.97. The molecule has 0 bridgehead atoms. The van der Waals surface area contributed by atoms with Crippen LogP contribution in [-0.4, -0.2) is 15.2 Å². The number of rotatable bonds is 1. The van der Waals surface area contributed by atoms with Gasteiger partial charge in [-0.1, -0.05) is 11.6 Å². The highest BCUT2D eigenvalue weighted by Crippen LogP contribution is 2.23. The van der Waals surface area contributed by atoms with E-state index in [2.05, 4.69) is 4.98 Å². The predicted octanol–water partition coefficient (Wildman–Crippen LogP) is 3.34. The molecule has 4 heteroatoms. The highest BCUT2D eigenvalue weighted by Gasteiger charge is 2.09. The van der Waals surface area contributed by atoms with Gasteiger partial charge in [-0.05, 0) is 29.7 Å². The van der Waals surface area contributed by atoms with E-state index in [1.807, 2.05) is 30.5 Å². The van der Waals surface area contributed by atoms with E-state index in [1.54, 1.807) is 10.6 Å². The van der Waals surface area contributed by atoms with Crippen LogP contribution in [0.25, 0.3) is 16.4 Å². The maximum absolute atomic E-state index is 11.4. The van der Waals surface area contributed by atoms with Crippen LogP contribution in [0.4, 0.5) is 0 Å². The van der Waals surface area contributed by atoms with Gasteiger partial charge in [0.05, 0.1) is 6.20 Å². The van der Waals surface area contributed by atoms with Crippen molar-refractivity contribution in [3.63, 3.8) is 0 Å². The van der Waals surface area contributed by atoms with Gasteiger partial charge in [-0.2, -0.15) is 0 Å². The quantitative estimate of drug-likeness (QED) is 0.616. The number of imidazole rings is 1. The SMILES string of the molecule is CC(=O)c1cnc2c3ccc(Cl)cc3ccn12. The topological polar surface area (TPSA) is 34.4 Å². The fraction of sp³-hybridized carbons (Fsp3) is 0.0769. The van der Waals surface area contributed by atoms with Crippen LogP contribution in [0.15, 0.2) is 36.7 Å². The van der Waals surface area contributed by atoms with E-state index < -0.39 is 0 Å². The van der Waals surface area contributed by atoms with Gasteiger partial charge in [-0.3, -0.25) is 9.20 Å². The van der Waals surface area contributed by atoms with Gasteiger partial charge in [0, 0.05) is 23.5 Å². The predicted molar refractivity (Wildman–Crippen MR) is 67.7 cm³/mol. The molecular weight excluding hydrogens is 236 g/mol. The minimum atomic E-state index is 0.00538. The Kier molecular flexibility index (Phi) is 2.16. The molecule has 2 aromatic heterocycles. The fourth-order valence-corrected chi connectivity index (χ4v) is 2.18. The van der Waals surface area contributed by atoms with Crippen molar-refractivity contribution in [3.05, 3.63) is 47.4 Å². The minimum absolute atomic E-state index is 0.00538. The first-order valence-electron chi connectivity index (χ1n) is 5.23. The zero-order chi connectivity index (χ0) is 12.0. The number of hydrogen-bond acceptors (Lipinski definition) is 2. The van der Waals surface area contributed by atoms with E-state index in [0.29, 0.717) is 10.7 Å². The van der Waals surface area contributed by atoms with Crippen molar-refractivity contribution in [2.45, 2.75) is 6.92 Å². The van der Waals surface area contributed by atoms with Gasteiger partial charge in [0.25, 0.3) is 0 Å². The average Bonchev–Trinajstić information content (AvgIpc) is 2.72. The molecule has 0 saturated carbocycles. The van der Waals surface area contributed by atoms with Crippen LogP contribution in [0.2, 0.25) is 5.02 Å². The first-order chi connectivity index (χ1) is 8.16. The monoisotopic (exact) mass is 244 g/mol. The summed E-state index contributed by atoms with van der Waals surface area (Å²) >= 11 is 5.94. The van der Waals surface area contributed by atoms with E-state index in [9.17, 15) is 4.79 Å². The number of benzene rings is 1. The van der Waals surface area contributed by atoms with Crippen LogP contribution in [0.3, 0.4) is 0 Å². The van der Waals surface area contributed by atoms with Crippen molar-refractivity contribution < 1.29 is 4.79 Å². The molecule has 0 N–H and O–H groups in total. The molecule has 0 radical (unpaired) electrons. The second-order valence-electron chi connectivity index (χ2n) is 3.94. The van der Waals surface area contributed by atoms with E-state index in [0.717, 1.165) is 16.4 Å². The van der Waals surface area contributed by atoms with E-state index in [-0.39, 0.29) is 5.78 Å². The third kappa shape index (κ3) is 1.51. The zero-order valence-electron chi connectivity index (χ0n) is 9.14. The summed E-state index contributed by atoms with van der Waals surface area (Å²) in [6.07, 6.45) is 3.45. The van der Waals surface area contributed by atoms with Gasteiger partial charge in [0.2, 0.25) is 0 Å². The van der Waals surface area contributed by atoms with Crippen LogP contribution in [0, 0.1) is 0 Å². The average molecular weight is 245 g/mol. The summed E-state index contributed by atoms with van der Waals surface area (Å²) in [7, 11) is 0. The molecule has 3 aromatic rings. The van der Waals surface area contributed by atoms with Crippen molar-refractivity contribution >= 4 is 33.8 Å². The number of fused-ring (bicyclic) bond motifs is 3. The van der Waals surface area contributed by atoms with Crippen LogP contribution in [0.5, 0.6) is 0 Å². The summed E-state index contributed by atoms with van der Waals surface area (Å²) in [5.41, 5.74) is 1.38. The largest absolute Gasteiger partial charge is 0.297 e. The summed E-state index contributed by atoms with van der Waals surface area (Å²) < 4.78 is 1.80. The Morgan fingerprint density at radius 1 is 1.35 bits per heavy atom. The lowest BCUT2D eigenvalue weighted by molar-refractivity contribution is 0.101. The Balaban J connectivity index is 2.45. The lowest BCUT2D eigenvalue weighted by atomic mass is 10.2. The number of aromatic nitrogens is 2. The molecular formula is C13H9ClN2O. The maximum atomic E-state index is 11.4. The zero-order valence-corrected chi connectivity index (χ0v) is 9.90.